The molecule has 0 radical (unpaired) electrons. The second-order valence-corrected chi connectivity index (χ2v) is 6.30. The molecule has 0 unspecified atom stereocenters. The first kappa shape index (κ1) is 21.4. The summed E-state index contributed by atoms with van der Waals surface area (Å²) in [6.07, 6.45) is 0. The van der Waals surface area contributed by atoms with Crippen molar-refractivity contribution in [3.05, 3.63) is 40.6 Å². The molecular weight excluding hydrogens is 388 g/mol. The lowest BCUT2D eigenvalue weighted by Gasteiger charge is -2.15. The summed E-state index contributed by atoms with van der Waals surface area (Å²) in [4.78, 5) is 13.1. The van der Waals surface area contributed by atoms with E-state index in [-0.39, 0.29) is 34.8 Å². The third-order valence-electron chi connectivity index (χ3n) is 4.31. The Bertz CT molecular complexity index is 1090. The predicted molar refractivity (Wildman–Crippen MR) is 114 cm³/mol. The van der Waals surface area contributed by atoms with Crippen molar-refractivity contribution in [3.63, 3.8) is 0 Å². The van der Waals surface area contributed by atoms with Crippen molar-refractivity contribution in [3.8, 4) is 40.1 Å². The van der Waals surface area contributed by atoms with E-state index in [1.807, 2.05) is 20.8 Å². The lowest BCUT2D eigenvalue weighted by atomic mass is 10.1. The summed E-state index contributed by atoms with van der Waals surface area (Å²) in [5.74, 6) is 1.58. The Kier molecular flexibility index (Phi) is 6.72. The average molecular weight is 414 g/mol. The molecule has 0 aliphatic rings. The van der Waals surface area contributed by atoms with E-state index in [0.717, 1.165) is 0 Å². The van der Waals surface area contributed by atoms with Gasteiger partial charge in [0.05, 0.1) is 26.4 Å². The summed E-state index contributed by atoms with van der Waals surface area (Å²) >= 11 is 0. The smallest absolute Gasteiger partial charge is 0.239 e. The van der Waals surface area contributed by atoms with Gasteiger partial charge in [-0.3, -0.25) is 4.79 Å². The summed E-state index contributed by atoms with van der Waals surface area (Å²) in [7, 11) is 0. The van der Waals surface area contributed by atoms with Gasteiger partial charge in [0.2, 0.25) is 11.2 Å². The normalized spacial score (nSPS) is 10.8. The van der Waals surface area contributed by atoms with Crippen LogP contribution in [0.1, 0.15) is 27.7 Å². The van der Waals surface area contributed by atoms with E-state index in [9.17, 15) is 9.90 Å². The standard InChI is InChI=1S/C23H26O7/c1-5-26-15-12-16(24)20-19(13-15)30-22(23(21(20)25)29-8-4)14-9-10-17(27-6-2)18(11-14)28-7-3/h9-13,24H,5-8H2,1-4H3. The Morgan fingerprint density at radius 2 is 1.50 bits per heavy atom. The van der Waals surface area contributed by atoms with Crippen molar-refractivity contribution < 1.29 is 28.5 Å². The van der Waals surface area contributed by atoms with Crippen LogP contribution in [0.2, 0.25) is 0 Å². The molecule has 1 aromatic heterocycles. The van der Waals surface area contributed by atoms with Gasteiger partial charge in [0.25, 0.3) is 0 Å². The molecule has 0 spiro atoms. The maximum Gasteiger partial charge on any atom is 0.239 e. The van der Waals surface area contributed by atoms with Gasteiger partial charge < -0.3 is 28.5 Å². The molecular formula is C23H26O7. The molecule has 1 N–H and O–H groups in total. The highest BCUT2D eigenvalue weighted by Gasteiger charge is 2.22. The van der Waals surface area contributed by atoms with Gasteiger partial charge in [-0.15, -0.1) is 0 Å². The zero-order valence-corrected chi connectivity index (χ0v) is 17.6. The molecule has 3 aromatic rings. The van der Waals surface area contributed by atoms with E-state index in [2.05, 4.69) is 0 Å². The minimum absolute atomic E-state index is 0.0241. The maximum absolute atomic E-state index is 13.1. The highest BCUT2D eigenvalue weighted by atomic mass is 16.5. The Hall–Kier alpha value is -3.35. The number of fused-ring (bicyclic) bond motifs is 1. The molecule has 0 atom stereocenters. The van der Waals surface area contributed by atoms with Gasteiger partial charge in [-0.2, -0.15) is 0 Å². The summed E-state index contributed by atoms with van der Waals surface area (Å²) in [6, 6.07) is 8.25. The zero-order valence-electron chi connectivity index (χ0n) is 17.6. The second-order valence-electron chi connectivity index (χ2n) is 6.30. The molecule has 0 saturated heterocycles. The van der Waals surface area contributed by atoms with E-state index in [0.29, 0.717) is 42.6 Å². The van der Waals surface area contributed by atoms with Crippen LogP contribution in [-0.2, 0) is 0 Å². The SMILES string of the molecule is CCOc1cc(O)c2c(=O)c(OCC)c(-c3ccc(OCC)c(OCC)c3)oc2c1. The van der Waals surface area contributed by atoms with Gasteiger partial charge in [0, 0.05) is 17.7 Å². The molecule has 2 aromatic carbocycles. The van der Waals surface area contributed by atoms with Crippen LogP contribution in [0.15, 0.2) is 39.5 Å². The van der Waals surface area contributed by atoms with Gasteiger partial charge in [-0.05, 0) is 45.9 Å². The lowest BCUT2D eigenvalue weighted by Crippen LogP contribution is -2.10. The molecule has 0 amide bonds. The van der Waals surface area contributed by atoms with Crippen LogP contribution in [0, 0.1) is 0 Å². The molecule has 7 heteroatoms. The molecule has 3 rings (SSSR count). The van der Waals surface area contributed by atoms with Crippen molar-refractivity contribution in [2.24, 2.45) is 0 Å². The molecule has 0 fully saturated rings. The molecule has 0 aliphatic carbocycles. The van der Waals surface area contributed by atoms with Crippen LogP contribution in [0.3, 0.4) is 0 Å². The number of hydrogen-bond donors (Lipinski definition) is 1. The van der Waals surface area contributed by atoms with Crippen molar-refractivity contribution in [1.29, 1.82) is 0 Å². The Morgan fingerprint density at radius 1 is 0.833 bits per heavy atom. The Labute approximate surface area is 174 Å². The molecule has 160 valence electrons. The van der Waals surface area contributed by atoms with E-state index in [4.69, 9.17) is 23.4 Å². The Morgan fingerprint density at radius 3 is 2.17 bits per heavy atom. The number of benzene rings is 2. The Balaban J connectivity index is 2.27. The molecule has 0 saturated carbocycles. The minimum Gasteiger partial charge on any atom is -0.507 e. The topological polar surface area (TPSA) is 87.4 Å². The molecule has 0 bridgehead atoms. The van der Waals surface area contributed by atoms with Gasteiger partial charge in [-0.1, -0.05) is 0 Å². The van der Waals surface area contributed by atoms with Gasteiger partial charge in [0.15, 0.2) is 17.3 Å². The summed E-state index contributed by atoms with van der Waals surface area (Å²) in [5, 5.41) is 10.4. The van der Waals surface area contributed by atoms with Crippen LogP contribution < -0.4 is 24.4 Å². The average Bonchev–Trinajstić information content (AvgIpc) is 2.71. The first-order valence-corrected chi connectivity index (χ1v) is 10.0. The number of ether oxygens (including phenoxy) is 4. The molecule has 7 nitrogen and oxygen atoms in total. The van der Waals surface area contributed by atoms with Crippen molar-refractivity contribution in [1.82, 2.24) is 0 Å². The van der Waals surface area contributed by atoms with Gasteiger partial charge in [0.1, 0.15) is 22.5 Å². The van der Waals surface area contributed by atoms with Crippen molar-refractivity contribution >= 4 is 11.0 Å². The fraction of sp³-hybridized carbons (Fsp3) is 0.348. The second kappa shape index (κ2) is 9.43. The van der Waals surface area contributed by atoms with Crippen molar-refractivity contribution in [2.75, 3.05) is 26.4 Å². The van der Waals surface area contributed by atoms with Gasteiger partial charge in [-0.25, -0.2) is 0 Å². The number of phenols is 1. The van der Waals surface area contributed by atoms with Crippen LogP contribution >= 0.6 is 0 Å². The van der Waals surface area contributed by atoms with Crippen molar-refractivity contribution in [2.45, 2.75) is 27.7 Å². The van der Waals surface area contributed by atoms with E-state index < -0.39 is 5.43 Å². The van der Waals surface area contributed by atoms with E-state index in [1.165, 1.54) is 6.07 Å². The number of hydrogen-bond acceptors (Lipinski definition) is 7. The van der Waals surface area contributed by atoms with E-state index >= 15 is 0 Å². The van der Waals surface area contributed by atoms with Crippen LogP contribution in [-0.4, -0.2) is 31.5 Å². The van der Waals surface area contributed by atoms with Crippen LogP contribution in [0.5, 0.6) is 28.7 Å². The third kappa shape index (κ3) is 4.15. The summed E-state index contributed by atoms with van der Waals surface area (Å²) < 4.78 is 28.4. The number of rotatable bonds is 9. The lowest BCUT2D eigenvalue weighted by molar-refractivity contribution is 0.288. The predicted octanol–water partition coefficient (Wildman–Crippen LogP) is 4.76. The highest BCUT2D eigenvalue weighted by molar-refractivity contribution is 5.88. The highest BCUT2D eigenvalue weighted by Crippen LogP contribution is 2.39. The zero-order chi connectivity index (χ0) is 21.7. The quantitative estimate of drug-likeness (QED) is 0.540. The molecule has 1 heterocycles. The molecule has 0 aliphatic heterocycles. The fourth-order valence-corrected chi connectivity index (χ4v) is 3.17. The first-order valence-electron chi connectivity index (χ1n) is 10.0. The van der Waals surface area contributed by atoms with Gasteiger partial charge >= 0.3 is 0 Å². The monoisotopic (exact) mass is 414 g/mol. The fourth-order valence-electron chi connectivity index (χ4n) is 3.17. The summed E-state index contributed by atoms with van der Waals surface area (Å²) in [6.45, 7) is 8.99. The maximum atomic E-state index is 13.1. The largest absolute Gasteiger partial charge is 0.507 e. The van der Waals surface area contributed by atoms with Crippen LogP contribution in [0.4, 0.5) is 0 Å². The third-order valence-corrected chi connectivity index (χ3v) is 4.31. The summed E-state index contributed by atoms with van der Waals surface area (Å²) in [5.41, 5.74) is 0.333. The minimum atomic E-state index is -0.458. The molecule has 30 heavy (non-hydrogen) atoms. The first-order chi connectivity index (χ1) is 14.5. The number of aromatic hydroxyl groups is 1. The van der Waals surface area contributed by atoms with E-state index in [1.54, 1.807) is 31.2 Å². The number of phenolic OH excluding ortho intramolecular Hbond substituents is 1. The van der Waals surface area contributed by atoms with Crippen LogP contribution in [0.25, 0.3) is 22.3 Å².